The van der Waals surface area contributed by atoms with Crippen LogP contribution in [0.25, 0.3) is 0 Å². The molecule has 1 N–H and O–H groups in total. The number of nitrogens with zero attached hydrogens (tertiary/aromatic N) is 1. The summed E-state index contributed by atoms with van der Waals surface area (Å²) in [5.41, 5.74) is 0. The Morgan fingerprint density at radius 3 is 3.07 bits per heavy atom. The van der Waals surface area contributed by atoms with Crippen molar-refractivity contribution in [3.05, 3.63) is 0 Å². The van der Waals surface area contributed by atoms with E-state index < -0.39 is 0 Å². The number of amides is 1. The van der Waals surface area contributed by atoms with E-state index in [-0.39, 0.29) is 11.9 Å². The van der Waals surface area contributed by atoms with Crippen LogP contribution in [0.4, 0.5) is 0 Å². The molecule has 2 rings (SSSR count). The van der Waals surface area contributed by atoms with Crippen LogP contribution in [0, 0.1) is 5.92 Å². The second kappa shape index (κ2) is 4.28. The summed E-state index contributed by atoms with van der Waals surface area (Å²) >= 11 is 0. The summed E-state index contributed by atoms with van der Waals surface area (Å²) in [6.07, 6.45) is 2.33. The van der Waals surface area contributed by atoms with Gasteiger partial charge in [0.2, 0.25) is 5.91 Å². The standard InChI is InChI=1S/C10H18N2O2/c1-8-10(13)12(7-11-8)5-9-3-2-4-14-6-9/h8-9,11H,2-7H2,1H3. The van der Waals surface area contributed by atoms with Crippen molar-refractivity contribution in [1.82, 2.24) is 10.2 Å². The maximum Gasteiger partial charge on any atom is 0.240 e. The number of hydrogen-bond donors (Lipinski definition) is 1. The van der Waals surface area contributed by atoms with Crippen molar-refractivity contribution in [2.75, 3.05) is 26.4 Å². The minimum Gasteiger partial charge on any atom is -0.381 e. The van der Waals surface area contributed by atoms with E-state index in [0.717, 1.165) is 26.2 Å². The van der Waals surface area contributed by atoms with Crippen LogP contribution in [0.1, 0.15) is 19.8 Å². The molecule has 2 aliphatic rings. The zero-order valence-corrected chi connectivity index (χ0v) is 8.66. The number of ether oxygens (including phenoxy) is 1. The summed E-state index contributed by atoms with van der Waals surface area (Å²) in [6.45, 7) is 5.18. The molecule has 2 fully saturated rings. The van der Waals surface area contributed by atoms with E-state index in [1.807, 2.05) is 11.8 Å². The molecule has 80 valence electrons. The molecule has 2 unspecified atom stereocenters. The van der Waals surface area contributed by atoms with E-state index >= 15 is 0 Å². The summed E-state index contributed by atoms with van der Waals surface area (Å²) in [7, 11) is 0. The van der Waals surface area contributed by atoms with Gasteiger partial charge in [-0.25, -0.2) is 0 Å². The van der Waals surface area contributed by atoms with Crippen LogP contribution >= 0.6 is 0 Å². The smallest absolute Gasteiger partial charge is 0.240 e. The van der Waals surface area contributed by atoms with E-state index in [4.69, 9.17) is 4.74 Å². The fourth-order valence-corrected chi connectivity index (χ4v) is 2.10. The first-order valence-electron chi connectivity index (χ1n) is 5.37. The molecule has 0 saturated carbocycles. The van der Waals surface area contributed by atoms with Gasteiger partial charge in [-0.3, -0.25) is 10.1 Å². The number of carbonyl (C=O) groups excluding carboxylic acids is 1. The van der Waals surface area contributed by atoms with E-state index in [1.165, 1.54) is 6.42 Å². The van der Waals surface area contributed by atoms with Gasteiger partial charge in [0.15, 0.2) is 0 Å². The lowest BCUT2D eigenvalue weighted by atomic mass is 10.0. The van der Waals surface area contributed by atoms with E-state index in [9.17, 15) is 4.79 Å². The molecular formula is C10H18N2O2. The molecule has 0 aromatic heterocycles. The van der Waals surface area contributed by atoms with Gasteiger partial charge < -0.3 is 9.64 Å². The first-order chi connectivity index (χ1) is 6.77. The Morgan fingerprint density at radius 2 is 2.50 bits per heavy atom. The van der Waals surface area contributed by atoms with Gasteiger partial charge >= 0.3 is 0 Å². The molecule has 0 aliphatic carbocycles. The largest absolute Gasteiger partial charge is 0.381 e. The molecule has 2 saturated heterocycles. The maximum absolute atomic E-state index is 11.6. The van der Waals surface area contributed by atoms with Crippen LogP contribution in [0.15, 0.2) is 0 Å². The zero-order chi connectivity index (χ0) is 9.97. The summed E-state index contributed by atoms with van der Waals surface area (Å²) < 4.78 is 5.40. The topological polar surface area (TPSA) is 41.6 Å². The molecule has 2 heterocycles. The second-order valence-corrected chi connectivity index (χ2v) is 4.23. The molecule has 0 radical (unpaired) electrons. The Balaban J connectivity index is 1.82. The van der Waals surface area contributed by atoms with Crippen LogP contribution < -0.4 is 5.32 Å². The molecule has 0 aromatic carbocycles. The van der Waals surface area contributed by atoms with Gasteiger partial charge in [0.1, 0.15) is 0 Å². The van der Waals surface area contributed by atoms with Gasteiger partial charge in [0.05, 0.1) is 19.3 Å². The molecule has 4 heteroatoms. The van der Waals surface area contributed by atoms with Crippen molar-refractivity contribution < 1.29 is 9.53 Å². The fraction of sp³-hybridized carbons (Fsp3) is 0.900. The molecule has 0 aromatic rings. The highest BCUT2D eigenvalue weighted by Gasteiger charge is 2.29. The predicted molar refractivity (Wildman–Crippen MR) is 52.7 cm³/mol. The van der Waals surface area contributed by atoms with Gasteiger partial charge in [0, 0.05) is 19.1 Å². The third kappa shape index (κ3) is 2.07. The normalized spacial score (nSPS) is 33.8. The summed E-state index contributed by atoms with van der Waals surface area (Å²) in [5.74, 6) is 0.773. The number of hydrogen-bond acceptors (Lipinski definition) is 3. The summed E-state index contributed by atoms with van der Waals surface area (Å²) in [4.78, 5) is 13.5. The molecule has 2 aliphatic heterocycles. The Hall–Kier alpha value is -0.610. The monoisotopic (exact) mass is 198 g/mol. The molecule has 4 nitrogen and oxygen atoms in total. The van der Waals surface area contributed by atoms with Crippen molar-refractivity contribution in [1.29, 1.82) is 0 Å². The third-order valence-electron chi connectivity index (χ3n) is 3.00. The van der Waals surface area contributed by atoms with E-state index in [0.29, 0.717) is 12.6 Å². The number of carbonyl (C=O) groups is 1. The van der Waals surface area contributed by atoms with Crippen molar-refractivity contribution in [2.24, 2.45) is 5.92 Å². The molecule has 1 amide bonds. The van der Waals surface area contributed by atoms with Gasteiger partial charge in [-0.2, -0.15) is 0 Å². The Labute approximate surface area is 84.6 Å². The lowest BCUT2D eigenvalue weighted by Crippen LogP contribution is -2.36. The second-order valence-electron chi connectivity index (χ2n) is 4.23. The van der Waals surface area contributed by atoms with Gasteiger partial charge in [-0.15, -0.1) is 0 Å². The third-order valence-corrected chi connectivity index (χ3v) is 3.00. The Morgan fingerprint density at radius 1 is 1.64 bits per heavy atom. The van der Waals surface area contributed by atoms with Gasteiger partial charge in [-0.05, 0) is 19.8 Å². The van der Waals surface area contributed by atoms with Crippen LogP contribution in [0.5, 0.6) is 0 Å². The molecule has 14 heavy (non-hydrogen) atoms. The summed E-state index contributed by atoms with van der Waals surface area (Å²) in [6, 6.07) is -0.000455. The predicted octanol–water partition coefficient (Wildman–Crippen LogP) is 0.191. The average Bonchev–Trinajstić information content (AvgIpc) is 2.52. The maximum atomic E-state index is 11.6. The quantitative estimate of drug-likeness (QED) is 0.688. The Bertz CT molecular complexity index is 214. The minimum absolute atomic E-state index is 0.000455. The van der Waals surface area contributed by atoms with E-state index in [1.54, 1.807) is 0 Å². The van der Waals surface area contributed by atoms with Gasteiger partial charge in [0.25, 0.3) is 0 Å². The van der Waals surface area contributed by atoms with Crippen molar-refractivity contribution in [2.45, 2.75) is 25.8 Å². The van der Waals surface area contributed by atoms with E-state index in [2.05, 4.69) is 5.32 Å². The molecule has 0 spiro atoms. The highest BCUT2D eigenvalue weighted by atomic mass is 16.5. The molecular weight excluding hydrogens is 180 g/mol. The number of nitrogens with one attached hydrogen (secondary N) is 1. The first kappa shape index (κ1) is 9.93. The van der Waals surface area contributed by atoms with Crippen LogP contribution in [0.3, 0.4) is 0 Å². The molecule has 0 bridgehead atoms. The number of rotatable bonds is 2. The van der Waals surface area contributed by atoms with Gasteiger partial charge in [-0.1, -0.05) is 0 Å². The lowest BCUT2D eigenvalue weighted by molar-refractivity contribution is -0.129. The highest BCUT2D eigenvalue weighted by molar-refractivity contribution is 5.83. The van der Waals surface area contributed by atoms with Crippen molar-refractivity contribution in [3.63, 3.8) is 0 Å². The van der Waals surface area contributed by atoms with Crippen molar-refractivity contribution >= 4 is 5.91 Å². The minimum atomic E-state index is -0.000455. The van der Waals surface area contributed by atoms with Crippen LogP contribution in [-0.4, -0.2) is 43.3 Å². The Kier molecular flexibility index (Phi) is 3.03. The molecule has 2 atom stereocenters. The zero-order valence-electron chi connectivity index (χ0n) is 8.66. The van der Waals surface area contributed by atoms with Crippen molar-refractivity contribution in [3.8, 4) is 0 Å². The van der Waals surface area contributed by atoms with Crippen LogP contribution in [0.2, 0.25) is 0 Å². The van der Waals surface area contributed by atoms with Crippen LogP contribution in [-0.2, 0) is 9.53 Å². The highest BCUT2D eigenvalue weighted by Crippen LogP contribution is 2.16. The SMILES string of the molecule is CC1NCN(CC2CCCOC2)C1=O. The average molecular weight is 198 g/mol. The fourth-order valence-electron chi connectivity index (χ4n) is 2.10. The summed E-state index contributed by atoms with van der Waals surface area (Å²) in [5, 5.41) is 3.14. The first-order valence-corrected chi connectivity index (χ1v) is 5.37. The lowest BCUT2D eigenvalue weighted by Gasteiger charge is -2.26.